The van der Waals surface area contributed by atoms with Crippen molar-refractivity contribution in [1.29, 1.82) is 0 Å². The molecule has 26 heavy (non-hydrogen) atoms. The van der Waals surface area contributed by atoms with Crippen LogP contribution in [0.15, 0.2) is 59.5 Å². The highest BCUT2D eigenvalue weighted by atomic mass is 32.2. The van der Waals surface area contributed by atoms with E-state index in [0.29, 0.717) is 13.1 Å². The van der Waals surface area contributed by atoms with Gasteiger partial charge in [0, 0.05) is 19.3 Å². The molecule has 138 valence electrons. The van der Waals surface area contributed by atoms with Crippen LogP contribution in [0.4, 0.5) is 0 Å². The Balaban J connectivity index is 1.94. The van der Waals surface area contributed by atoms with E-state index in [4.69, 9.17) is 4.74 Å². The standard InChI is InChI=1S/C19H21NO5S/c1-3-20(13-15-7-5-4-6-8-15)18(21)14-25-19(22)16-9-11-17(12-10-16)26(2,23)24/h4-12H,3,13-14H2,1-2H3. The Morgan fingerprint density at radius 3 is 2.15 bits per heavy atom. The highest BCUT2D eigenvalue weighted by Crippen LogP contribution is 2.11. The van der Waals surface area contributed by atoms with E-state index in [0.717, 1.165) is 11.8 Å². The first-order chi connectivity index (χ1) is 12.3. The molecule has 0 saturated carbocycles. The summed E-state index contributed by atoms with van der Waals surface area (Å²) in [5.41, 5.74) is 1.18. The Hall–Kier alpha value is -2.67. The molecule has 0 N–H and O–H groups in total. The quantitative estimate of drug-likeness (QED) is 0.694. The van der Waals surface area contributed by atoms with Crippen LogP contribution >= 0.6 is 0 Å². The minimum atomic E-state index is -3.33. The highest BCUT2D eigenvalue weighted by Gasteiger charge is 2.16. The number of benzene rings is 2. The molecule has 7 heteroatoms. The molecule has 0 aliphatic carbocycles. The number of carbonyl (C=O) groups excluding carboxylic acids is 2. The van der Waals surface area contributed by atoms with E-state index >= 15 is 0 Å². The minimum Gasteiger partial charge on any atom is -0.452 e. The third-order valence-corrected chi connectivity index (χ3v) is 4.92. The molecule has 2 aromatic rings. The van der Waals surface area contributed by atoms with Crippen molar-refractivity contribution >= 4 is 21.7 Å². The van der Waals surface area contributed by atoms with Crippen molar-refractivity contribution in [2.75, 3.05) is 19.4 Å². The van der Waals surface area contributed by atoms with Gasteiger partial charge in [0.15, 0.2) is 16.4 Å². The van der Waals surface area contributed by atoms with Gasteiger partial charge in [-0.3, -0.25) is 4.79 Å². The molecule has 0 fully saturated rings. The number of esters is 1. The number of ether oxygens (including phenoxy) is 1. The van der Waals surface area contributed by atoms with Gasteiger partial charge in [-0.1, -0.05) is 30.3 Å². The number of sulfone groups is 1. The van der Waals surface area contributed by atoms with E-state index in [1.807, 2.05) is 37.3 Å². The van der Waals surface area contributed by atoms with E-state index in [1.54, 1.807) is 4.90 Å². The molecule has 0 saturated heterocycles. The molecule has 0 unspecified atom stereocenters. The second-order valence-electron chi connectivity index (χ2n) is 5.77. The average molecular weight is 375 g/mol. The number of carbonyl (C=O) groups is 2. The van der Waals surface area contributed by atoms with Crippen molar-refractivity contribution in [3.05, 3.63) is 65.7 Å². The third kappa shape index (κ3) is 5.42. The monoisotopic (exact) mass is 375 g/mol. The van der Waals surface area contributed by atoms with Crippen LogP contribution in [0, 0.1) is 0 Å². The summed E-state index contributed by atoms with van der Waals surface area (Å²) < 4.78 is 27.9. The number of amides is 1. The van der Waals surface area contributed by atoms with Crippen LogP contribution in [-0.2, 0) is 25.9 Å². The van der Waals surface area contributed by atoms with Gasteiger partial charge >= 0.3 is 5.97 Å². The Bertz CT molecular complexity index is 861. The fourth-order valence-corrected chi connectivity index (χ4v) is 2.95. The Morgan fingerprint density at radius 2 is 1.62 bits per heavy atom. The Morgan fingerprint density at radius 1 is 1.00 bits per heavy atom. The highest BCUT2D eigenvalue weighted by molar-refractivity contribution is 7.90. The van der Waals surface area contributed by atoms with Gasteiger partial charge in [-0.05, 0) is 36.8 Å². The van der Waals surface area contributed by atoms with Gasteiger partial charge in [0.1, 0.15) is 0 Å². The van der Waals surface area contributed by atoms with E-state index in [9.17, 15) is 18.0 Å². The van der Waals surface area contributed by atoms with Crippen LogP contribution in [0.3, 0.4) is 0 Å². The van der Waals surface area contributed by atoms with Gasteiger partial charge in [0.05, 0.1) is 10.5 Å². The zero-order valence-electron chi connectivity index (χ0n) is 14.7. The lowest BCUT2D eigenvalue weighted by molar-refractivity contribution is -0.134. The normalized spacial score (nSPS) is 11.0. The molecule has 2 rings (SSSR count). The Labute approximate surface area is 153 Å². The summed E-state index contributed by atoms with van der Waals surface area (Å²) in [6, 6.07) is 14.9. The van der Waals surface area contributed by atoms with Gasteiger partial charge in [-0.25, -0.2) is 13.2 Å². The SMILES string of the molecule is CCN(Cc1ccccc1)C(=O)COC(=O)c1ccc(S(C)(=O)=O)cc1. The van der Waals surface area contributed by atoms with Crippen molar-refractivity contribution in [2.45, 2.75) is 18.4 Å². The van der Waals surface area contributed by atoms with Crippen LogP contribution < -0.4 is 0 Å². The molecule has 0 radical (unpaired) electrons. The topological polar surface area (TPSA) is 80.8 Å². The zero-order valence-corrected chi connectivity index (χ0v) is 15.5. The summed E-state index contributed by atoms with van der Waals surface area (Å²) in [5.74, 6) is -0.966. The molecule has 0 heterocycles. The van der Waals surface area contributed by atoms with Crippen LogP contribution in [0.5, 0.6) is 0 Å². The molecule has 0 aliphatic heterocycles. The van der Waals surface area contributed by atoms with Crippen molar-refractivity contribution in [3.63, 3.8) is 0 Å². The van der Waals surface area contributed by atoms with E-state index in [-0.39, 0.29) is 23.0 Å². The molecule has 0 aromatic heterocycles. The molecule has 0 aliphatic rings. The second kappa shape index (κ2) is 8.62. The molecule has 1 amide bonds. The summed E-state index contributed by atoms with van der Waals surface area (Å²) >= 11 is 0. The number of nitrogens with zero attached hydrogens (tertiary/aromatic N) is 1. The fourth-order valence-electron chi connectivity index (χ4n) is 2.32. The number of likely N-dealkylation sites (N-methyl/N-ethyl adjacent to an activating group) is 1. The first kappa shape index (κ1) is 19.7. The largest absolute Gasteiger partial charge is 0.452 e. The first-order valence-electron chi connectivity index (χ1n) is 8.10. The predicted octanol–water partition coefficient (Wildman–Crippen LogP) is 2.30. The molecule has 0 bridgehead atoms. The number of hydrogen-bond donors (Lipinski definition) is 0. The molecule has 2 aromatic carbocycles. The lowest BCUT2D eigenvalue weighted by Gasteiger charge is -2.20. The van der Waals surface area contributed by atoms with Crippen LogP contribution in [0.25, 0.3) is 0 Å². The lowest BCUT2D eigenvalue weighted by atomic mass is 10.2. The number of rotatable bonds is 7. The molecule has 0 atom stereocenters. The zero-order chi connectivity index (χ0) is 19.2. The molecule has 0 spiro atoms. The predicted molar refractivity (Wildman–Crippen MR) is 97.4 cm³/mol. The smallest absolute Gasteiger partial charge is 0.338 e. The van der Waals surface area contributed by atoms with Crippen LogP contribution in [0.1, 0.15) is 22.8 Å². The Kier molecular flexibility index (Phi) is 6.52. The van der Waals surface area contributed by atoms with Gasteiger partial charge in [0.2, 0.25) is 0 Å². The summed E-state index contributed by atoms with van der Waals surface area (Å²) in [4.78, 5) is 26.0. The number of hydrogen-bond acceptors (Lipinski definition) is 5. The maximum Gasteiger partial charge on any atom is 0.338 e. The summed E-state index contributed by atoms with van der Waals surface area (Å²) in [5, 5.41) is 0. The van der Waals surface area contributed by atoms with Gasteiger partial charge < -0.3 is 9.64 Å². The van der Waals surface area contributed by atoms with Crippen molar-refractivity contribution in [3.8, 4) is 0 Å². The molecular formula is C19H21NO5S. The molecular weight excluding hydrogens is 354 g/mol. The maximum atomic E-state index is 12.3. The van der Waals surface area contributed by atoms with Crippen molar-refractivity contribution in [1.82, 2.24) is 4.90 Å². The van der Waals surface area contributed by atoms with Gasteiger partial charge in [-0.15, -0.1) is 0 Å². The van der Waals surface area contributed by atoms with E-state index in [2.05, 4.69) is 0 Å². The minimum absolute atomic E-state index is 0.116. The molecule has 6 nitrogen and oxygen atoms in total. The van der Waals surface area contributed by atoms with Crippen LogP contribution in [0.2, 0.25) is 0 Å². The lowest BCUT2D eigenvalue weighted by Crippen LogP contribution is -2.34. The third-order valence-electron chi connectivity index (χ3n) is 3.80. The second-order valence-corrected chi connectivity index (χ2v) is 7.78. The van der Waals surface area contributed by atoms with Crippen molar-refractivity contribution in [2.24, 2.45) is 0 Å². The van der Waals surface area contributed by atoms with Gasteiger partial charge in [-0.2, -0.15) is 0 Å². The maximum absolute atomic E-state index is 12.3. The van der Waals surface area contributed by atoms with Crippen LogP contribution in [-0.4, -0.2) is 44.6 Å². The summed E-state index contributed by atoms with van der Waals surface area (Å²) in [6.45, 7) is 2.42. The van der Waals surface area contributed by atoms with Crippen molar-refractivity contribution < 1.29 is 22.7 Å². The summed E-state index contributed by atoms with van der Waals surface area (Å²) in [6.07, 6.45) is 1.09. The van der Waals surface area contributed by atoms with E-state index in [1.165, 1.54) is 24.3 Å². The van der Waals surface area contributed by atoms with E-state index < -0.39 is 15.8 Å². The van der Waals surface area contributed by atoms with Gasteiger partial charge in [0.25, 0.3) is 5.91 Å². The summed E-state index contributed by atoms with van der Waals surface area (Å²) in [7, 11) is -3.33. The average Bonchev–Trinajstić information content (AvgIpc) is 2.64. The first-order valence-corrected chi connectivity index (χ1v) is 9.99. The fraction of sp³-hybridized carbons (Fsp3) is 0.263.